The fourth-order valence-electron chi connectivity index (χ4n) is 2.69. The normalized spacial score (nSPS) is 11.6. The van der Waals surface area contributed by atoms with Crippen molar-refractivity contribution in [2.24, 2.45) is 5.73 Å². The zero-order valence-corrected chi connectivity index (χ0v) is 16.0. The lowest BCUT2D eigenvalue weighted by Gasteiger charge is -2.15. The van der Waals surface area contributed by atoms with Crippen LogP contribution in [0.1, 0.15) is 44.1 Å². The minimum absolute atomic E-state index is 0.0849. The molecule has 1 aromatic rings. The zero-order valence-electron chi connectivity index (χ0n) is 16.0. The number of ketones is 1. The molecule has 4 N–H and O–H groups in total. The Hall–Kier alpha value is -2.41. The molecule has 0 aliphatic heterocycles. The molecule has 0 bridgehead atoms. The van der Waals surface area contributed by atoms with Gasteiger partial charge in [-0.15, -0.1) is 0 Å². The monoisotopic (exact) mass is 377 g/mol. The fraction of sp³-hybridized carbons (Fsp3) is 0.550. The molecule has 0 unspecified atom stereocenters. The molecule has 7 nitrogen and oxygen atoms in total. The van der Waals surface area contributed by atoms with Crippen LogP contribution in [-0.4, -0.2) is 44.0 Å². The largest absolute Gasteiger partial charge is 0.453 e. The number of benzene rings is 1. The lowest BCUT2D eigenvalue weighted by atomic mass is 10.0. The van der Waals surface area contributed by atoms with Gasteiger partial charge in [0.2, 0.25) is 5.91 Å². The van der Waals surface area contributed by atoms with Crippen molar-refractivity contribution in [2.45, 2.75) is 51.0 Å². The van der Waals surface area contributed by atoms with Gasteiger partial charge in [0.1, 0.15) is 5.78 Å². The number of rotatable bonds is 14. The maximum atomic E-state index is 12.0. The van der Waals surface area contributed by atoms with Gasteiger partial charge in [0.15, 0.2) is 0 Å². The molecule has 0 spiro atoms. The number of hydrogen-bond acceptors (Lipinski definition) is 5. The minimum Gasteiger partial charge on any atom is -0.453 e. The molecule has 0 saturated heterocycles. The Bertz CT molecular complexity index is 578. The standard InChI is InChI=1S/C20H31N3O4/c1-27-20(26)22-13-9-4-2-3-8-12-17(24)15-23-18(19(21)25)14-16-10-6-5-7-11-16/h5-7,10-11,18,23H,2-4,8-9,12-15H2,1H3,(H2,21,25)(H,22,26)/t18-/m0/s1. The van der Waals surface area contributed by atoms with Gasteiger partial charge >= 0.3 is 6.09 Å². The van der Waals surface area contributed by atoms with Crippen LogP contribution in [0.3, 0.4) is 0 Å². The van der Waals surface area contributed by atoms with E-state index < -0.39 is 18.0 Å². The van der Waals surface area contributed by atoms with Crippen molar-refractivity contribution < 1.29 is 19.1 Å². The third-order valence-electron chi connectivity index (χ3n) is 4.26. The van der Waals surface area contributed by atoms with Crippen LogP contribution in [0, 0.1) is 0 Å². The first-order valence-electron chi connectivity index (χ1n) is 9.43. The topological polar surface area (TPSA) is 111 Å². The van der Waals surface area contributed by atoms with E-state index in [-0.39, 0.29) is 12.3 Å². The van der Waals surface area contributed by atoms with E-state index in [1.807, 2.05) is 30.3 Å². The van der Waals surface area contributed by atoms with Crippen molar-refractivity contribution in [1.82, 2.24) is 10.6 Å². The predicted octanol–water partition coefficient (Wildman–Crippen LogP) is 1.94. The molecule has 0 radical (unpaired) electrons. The summed E-state index contributed by atoms with van der Waals surface area (Å²) in [6.45, 7) is 0.759. The molecule has 0 aliphatic rings. The van der Waals surface area contributed by atoms with Crippen molar-refractivity contribution in [3.8, 4) is 0 Å². The molecule has 2 amide bonds. The van der Waals surface area contributed by atoms with Crippen LogP contribution in [0.2, 0.25) is 0 Å². The lowest BCUT2D eigenvalue weighted by Crippen LogP contribution is -2.44. The van der Waals surface area contributed by atoms with E-state index in [9.17, 15) is 14.4 Å². The number of nitrogens with one attached hydrogen (secondary N) is 2. The number of alkyl carbamates (subject to hydrolysis) is 1. The van der Waals surface area contributed by atoms with E-state index in [0.29, 0.717) is 19.4 Å². The average Bonchev–Trinajstić information content (AvgIpc) is 2.67. The van der Waals surface area contributed by atoms with Crippen LogP contribution in [0.15, 0.2) is 30.3 Å². The molecular formula is C20H31N3O4. The Morgan fingerprint density at radius 1 is 1.04 bits per heavy atom. The number of carbonyl (C=O) groups excluding carboxylic acids is 3. The highest BCUT2D eigenvalue weighted by molar-refractivity contribution is 5.83. The van der Waals surface area contributed by atoms with Gasteiger partial charge in [0, 0.05) is 13.0 Å². The van der Waals surface area contributed by atoms with E-state index in [0.717, 1.165) is 37.7 Å². The number of hydrogen-bond donors (Lipinski definition) is 3. The summed E-state index contributed by atoms with van der Waals surface area (Å²) in [6.07, 6.45) is 5.25. The van der Waals surface area contributed by atoms with E-state index >= 15 is 0 Å². The fourth-order valence-corrected chi connectivity index (χ4v) is 2.69. The molecule has 7 heteroatoms. The van der Waals surface area contributed by atoms with Crippen LogP contribution in [0.5, 0.6) is 0 Å². The first kappa shape index (κ1) is 22.6. The van der Waals surface area contributed by atoms with E-state index in [1.165, 1.54) is 7.11 Å². The molecule has 27 heavy (non-hydrogen) atoms. The summed E-state index contributed by atoms with van der Waals surface area (Å²) in [6, 6.07) is 9.04. The van der Waals surface area contributed by atoms with Crippen molar-refractivity contribution in [2.75, 3.05) is 20.2 Å². The van der Waals surface area contributed by atoms with Crippen LogP contribution in [0.4, 0.5) is 4.79 Å². The molecule has 0 saturated carbocycles. The summed E-state index contributed by atoms with van der Waals surface area (Å²) in [4.78, 5) is 34.4. The number of unbranched alkanes of at least 4 members (excludes halogenated alkanes) is 4. The number of primary amides is 1. The Morgan fingerprint density at radius 2 is 1.70 bits per heavy atom. The van der Waals surface area contributed by atoms with Crippen LogP contribution < -0.4 is 16.4 Å². The average molecular weight is 377 g/mol. The third-order valence-corrected chi connectivity index (χ3v) is 4.26. The quantitative estimate of drug-likeness (QED) is 0.429. The Balaban J connectivity index is 2.11. The minimum atomic E-state index is -0.543. The maximum absolute atomic E-state index is 12.0. The SMILES string of the molecule is COC(=O)NCCCCCCCC(=O)CN[C@@H](Cc1ccccc1)C(N)=O. The zero-order chi connectivity index (χ0) is 19.9. The van der Waals surface area contributed by atoms with Gasteiger partial charge in [-0.25, -0.2) is 4.79 Å². The van der Waals surface area contributed by atoms with E-state index in [2.05, 4.69) is 15.4 Å². The predicted molar refractivity (Wildman–Crippen MR) is 104 cm³/mol. The Morgan fingerprint density at radius 3 is 2.37 bits per heavy atom. The number of Topliss-reactive ketones (excluding diaryl/α,β-unsaturated/α-hetero) is 1. The molecule has 1 aromatic carbocycles. The van der Waals surface area contributed by atoms with Gasteiger partial charge in [-0.3, -0.25) is 14.9 Å². The molecule has 1 atom stereocenters. The van der Waals surface area contributed by atoms with Crippen molar-refractivity contribution in [3.63, 3.8) is 0 Å². The second kappa shape index (κ2) is 13.7. The third kappa shape index (κ3) is 11.0. The highest BCUT2D eigenvalue weighted by atomic mass is 16.5. The molecule has 0 aliphatic carbocycles. The summed E-state index contributed by atoms with van der Waals surface area (Å²) in [5, 5.41) is 5.61. The van der Waals surface area contributed by atoms with Crippen LogP contribution in [0.25, 0.3) is 0 Å². The molecule has 0 aromatic heterocycles. The first-order valence-corrected chi connectivity index (χ1v) is 9.43. The van der Waals surface area contributed by atoms with Gasteiger partial charge in [-0.1, -0.05) is 49.6 Å². The second-order valence-corrected chi connectivity index (χ2v) is 6.50. The van der Waals surface area contributed by atoms with Crippen molar-refractivity contribution in [3.05, 3.63) is 35.9 Å². The van der Waals surface area contributed by atoms with Crippen LogP contribution in [-0.2, 0) is 20.7 Å². The lowest BCUT2D eigenvalue weighted by molar-refractivity contribution is -0.121. The number of ether oxygens (including phenoxy) is 1. The number of amides is 2. The highest BCUT2D eigenvalue weighted by Gasteiger charge is 2.16. The van der Waals surface area contributed by atoms with Crippen LogP contribution >= 0.6 is 0 Å². The Kier molecular flexibility index (Phi) is 11.5. The molecule has 1 rings (SSSR count). The van der Waals surface area contributed by atoms with Gasteiger partial charge < -0.3 is 15.8 Å². The summed E-state index contributed by atoms with van der Waals surface area (Å²) in [5.41, 5.74) is 6.43. The summed E-state index contributed by atoms with van der Waals surface area (Å²) >= 11 is 0. The van der Waals surface area contributed by atoms with Crippen molar-refractivity contribution in [1.29, 1.82) is 0 Å². The van der Waals surface area contributed by atoms with Crippen molar-refractivity contribution >= 4 is 17.8 Å². The molecule has 150 valence electrons. The van der Waals surface area contributed by atoms with E-state index in [4.69, 9.17) is 5.73 Å². The summed E-state index contributed by atoms with van der Waals surface area (Å²) in [7, 11) is 1.34. The Labute approximate surface area is 161 Å². The molecular weight excluding hydrogens is 346 g/mol. The van der Waals surface area contributed by atoms with Gasteiger partial charge in [-0.05, 0) is 24.8 Å². The number of nitrogens with two attached hydrogens (primary N) is 1. The molecule has 0 heterocycles. The first-order chi connectivity index (χ1) is 13.0. The summed E-state index contributed by atoms with van der Waals surface area (Å²) < 4.78 is 4.49. The number of methoxy groups -OCH3 is 1. The maximum Gasteiger partial charge on any atom is 0.406 e. The van der Waals surface area contributed by atoms with Gasteiger partial charge in [-0.2, -0.15) is 0 Å². The van der Waals surface area contributed by atoms with Gasteiger partial charge in [0.05, 0.1) is 19.7 Å². The molecule has 0 fully saturated rings. The second-order valence-electron chi connectivity index (χ2n) is 6.50. The number of carbonyl (C=O) groups is 3. The van der Waals surface area contributed by atoms with Gasteiger partial charge in [0.25, 0.3) is 0 Å². The van der Waals surface area contributed by atoms with E-state index in [1.54, 1.807) is 0 Å². The summed E-state index contributed by atoms with van der Waals surface area (Å²) in [5.74, 6) is -0.367. The smallest absolute Gasteiger partial charge is 0.406 e. The highest BCUT2D eigenvalue weighted by Crippen LogP contribution is 2.06.